The van der Waals surface area contributed by atoms with Crippen LogP contribution in [-0.2, 0) is 13.0 Å². The van der Waals surface area contributed by atoms with Crippen LogP contribution in [0, 0.1) is 13.8 Å². The van der Waals surface area contributed by atoms with Crippen LogP contribution in [0.3, 0.4) is 0 Å². The van der Waals surface area contributed by atoms with E-state index < -0.39 is 0 Å². The summed E-state index contributed by atoms with van der Waals surface area (Å²) in [5.74, 6) is 1.92. The van der Waals surface area contributed by atoms with Crippen LogP contribution in [0.5, 0.6) is 5.75 Å². The van der Waals surface area contributed by atoms with E-state index in [1.165, 1.54) is 11.1 Å². The van der Waals surface area contributed by atoms with Gasteiger partial charge in [-0.3, -0.25) is 0 Å². The molecule has 19 heavy (non-hydrogen) atoms. The smallest absolute Gasteiger partial charge is 0.123 e. The van der Waals surface area contributed by atoms with Gasteiger partial charge in [0.1, 0.15) is 11.6 Å². The minimum absolute atomic E-state index is 0.629. The summed E-state index contributed by atoms with van der Waals surface area (Å²) >= 11 is 0. The van der Waals surface area contributed by atoms with E-state index in [0.29, 0.717) is 6.54 Å². The predicted octanol–water partition coefficient (Wildman–Crippen LogP) is 2.06. The molecular formula is C15H21N3O. The van der Waals surface area contributed by atoms with Crippen molar-refractivity contribution >= 4 is 0 Å². The summed E-state index contributed by atoms with van der Waals surface area (Å²) in [6.07, 6.45) is 2.89. The molecule has 0 saturated carbocycles. The largest absolute Gasteiger partial charge is 0.496 e. The fraction of sp³-hybridized carbons (Fsp3) is 0.400. The molecular weight excluding hydrogens is 238 g/mol. The summed E-state index contributed by atoms with van der Waals surface area (Å²) in [6.45, 7) is 5.50. The summed E-state index contributed by atoms with van der Waals surface area (Å²) in [6, 6.07) is 6.22. The Hall–Kier alpha value is -1.81. The van der Waals surface area contributed by atoms with Crippen LogP contribution < -0.4 is 10.5 Å². The monoisotopic (exact) mass is 259 g/mol. The Kier molecular flexibility index (Phi) is 4.22. The normalized spacial score (nSPS) is 10.7. The third-order valence-electron chi connectivity index (χ3n) is 3.20. The van der Waals surface area contributed by atoms with Crippen LogP contribution >= 0.6 is 0 Å². The highest BCUT2D eigenvalue weighted by atomic mass is 16.5. The second-order valence-corrected chi connectivity index (χ2v) is 4.76. The number of imidazole rings is 1. The van der Waals surface area contributed by atoms with Gasteiger partial charge in [-0.2, -0.15) is 0 Å². The zero-order valence-corrected chi connectivity index (χ0v) is 11.8. The molecule has 1 aromatic carbocycles. The molecule has 0 amide bonds. The minimum Gasteiger partial charge on any atom is -0.496 e. The molecule has 0 aliphatic rings. The van der Waals surface area contributed by atoms with Gasteiger partial charge in [-0.25, -0.2) is 4.98 Å². The molecule has 0 aliphatic heterocycles. The number of hydrogen-bond acceptors (Lipinski definition) is 3. The number of methoxy groups -OCH3 is 1. The highest BCUT2D eigenvalue weighted by Crippen LogP contribution is 2.21. The van der Waals surface area contributed by atoms with E-state index in [0.717, 1.165) is 30.2 Å². The van der Waals surface area contributed by atoms with E-state index in [2.05, 4.69) is 34.8 Å². The topological polar surface area (TPSA) is 53.1 Å². The SMILES string of the molecule is COc1ccc(C)cc1Cn1cc(CCN)nc1C. The average Bonchev–Trinajstić information content (AvgIpc) is 2.71. The molecule has 0 saturated heterocycles. The van der Waals surface area contributed by atoms with Gasteiger partial charge in [0.15, 0.2) is 0 Å². The maximum atomic E-state index is 5.57. The molecule has 2 aromatic rings. The third-order valence-corrected chi connectivity index (χ3v) is 3.20. The first-order valence-corrected chi connectivity index (χ1v) is 6.50. The van der Waals surface area contributed by atoms with Crippen LogP contribution in [0.2, 0.25) is 0 Å². The lowest BCUT2D eigenvalue weighted by Gasteiger charge is -2.11. The van der Waals surface area contributed by atoms with E-state index in [9.17, 15) is 0 Å². The van der Waals surface area contributed by atoms with Crippen molar-refractivity contribution in [1.82, 2.24) is 9.55 Å². The molecule has 0 bridgehead atoms. The number of ether oxygens (including phenoxy) is 1. The van der Waals surface area contributed by atoms with Crippen molar-refractivity contribution in [3.63, 3.8) is 0 Å². The summed E-state index contributed by atoms with van der Waals surface area (Å²) < 4.78 is 7.55. The van der Waals surface area contributed by atoms with Gasteiger partial charge in [0.25, 0.3) is 0 Å². The number of nitrogens with zero attached hydrogens (tertiary/aromatic N) is 2. The lowest BCUT2D eigenvalue weighted by atomic mass is 10.1. The highest BCUT2D eigenvalue weighted by Gasteiger charge is 2.08. The zero-order valence-electron chi connectivity index (χ0n) is 11.8. The Bertz CT molecular complexity index is 561. The van der Waals surface area contributed by atoms with Gasteiger partial charge in [0.05, 0.1) is 19.3 Å². The standard InChI is InChI=1S/C15H21N3O/c1-11-4-5-15(19-3)13(8-11)9-18-10-14(6-7-16)17-12(18)2/h4-5,8,10H,6-7,9,16H2,1-3H3. The second kappa shape index (κ2) is 5.89. The van der Waals surface area contributed by atoms with Gasteiger partial charge in [-0.15, -0.1) is 0 Å². The quantitative estimate of drug-likeness (QED) is 0.894. The van der Waals surface area contributed by atoms with Gasteiger partial charge in [0.2, 0.25) is 0 Å². The van der Waals surface area contributed by atoms with E-state index in [1.807, 2.05) is 13.0 Å². The van der Waals surface area contributed by atoms with Crippen LogP contribution in [0.15, 0.2) is 24.4 Å². The van der Waals surface area contributed by atoms with Crippen LogP contribution in [0.4, 0.5) is 0 Å². The molecule has 0 radical (unpaired) electrons. The fourth-order valence-electron chi connectivity index (χ4n) is 2.22. The first-order valence-electron chi connectivity index (χ1n) is 6.50. The predicted molar refractivity (Wildman–Crippen MR) is 76.6 cm³/mol. The molecule has 0 fully saturated rings. The van der Waals surface area contributed by atoms with E-state index in [-0.39, 0.29) is 0 Å². The summed E-state index contributed by atoms with van der Waals surface area (Å²) in [5.41, 5.74) is 9.02. The third kappa shape index (κ3) is 3.15. The average molecular weight is 259 g/mol. The molecule has 4 nitrogen and oxygen atoms in total. The van der Waals surface area contributed by atoms with Crippen LogP contribution in [-0.4, -0.2) is 23.2 Å². The molecule has 2 N–H and O–H groups in total. The van der Waals surface area contributed by atoms with Gasteiger partial charge in [-0.1, -0.05) is 17.7 Å². The number of benzene rings is 1. The highest BCUT2D eigenvalue weighted by molar-refractivity contribution is 5.37. The molecule has 2 rings (SSSR count). The molecule has 0 atom stereocenters. The Morgan fingerprint density at radius 2 is 2.11 bits per heavy atom. The van der Waals surface area contributed by atoms with Gasteiger partial charge >= 0.3 is 0 Å². The Labute approximate surface area is 114 Å². The summed E-state index contributed by atoms with van der Waals surface area (Å²) in [4.78, 5) is 4.52. The van der Waals surface area contributed by atoms with Crippen LogP contribution in [0.1, 0.15) is 22.6 Å². The first-order chi connectivity index (χ1) is 9.13. The number of nitrogens with two attached hydrogens (primary N) is 1. The van der Waals surface area contributed by atoms with Crippen LogP contribution in [0.25, 0.3) is 0 Å². The number of hydrogen-bond donors (Lipinski definition) is 1. The molecule has 102 valence electrons. The molecule has 1 heterocycles. The molecule has 1 aromatic heterocycles. The summed E-state index contributed by atoms with van der Waals surface area (Å²) in [5, 5.41) is 0. The molecule has 0 unspecified atom stereocenters. The van der Waals surface area contributed by atoms with Crippen molar-refractivity contribution in [1.29, 1.82) is 0 Å². The van der Waals surface area contributed by atoms with Crippen molar-refractivity contribution < 1.29 is 4.74 Å². The zero-order chi connectivity index (χ0) is 13.8. The van der Waals surface area contributed by atoms with Crippen molar-refractivity contribution in [2.75, 3.05) is 13.7 Å². The number of rotatable bonds is 5. The van der Waals surface area contributed by atoms with Crippen molar-refractivity contribution in [3.05, 3.63) is 47.0 Å². The molecule has 0 aliphatic carbocycles. The Morgan fingerprint density at radius 1 is 1.32 bits per heavy atom. The van der Waals surface area contributed by atoms with Gasteiger partial charge < -0.3 is 15.0 Å². The minimum atomic E-state index is 0.629. The first kappa shape index (κ1) is 13.6. The number of aryl methyl sites for hydroxylation is 2. The van der Waals surface area contributed by atoms with E-state index >= 15 is 0 Å². The fourth-order valence-corrected chi connectivity index (χ4v) is 2.22. The second-order valence-electron chi connectivity index (χ2n) is 4.76. The Balaban J connectivity index is 2.27. The summed E-state index contributed by atoms with van der Waals surface area (Å²) in [7, 11) is 1.70. The number of aromatic nitrogens is 2. The molecule has 0 spiro atoms. The lowest BCUT2D eigenvalue weighted by molar-refractivity contribution is 0.408. The van der Waals surface area contributed by atoms with E-state index in [4.69, 9.17) is 10.5 Å². The van der Waals surface area contributed by atoms with Crippen molar-refractivity contribution in [3.8, 4) is 5.75 Å². The maximum absolute atomic E-state index is 5.57. The van der Waals surface area contributed by atoms with Gasteiger partial charge in [0, 0.05) is 18.2 Å². The lowest BCUT2D eigenvalue weighted by Crippen LogP contribution is -2.03. The maximum Gasteiger partial charge on any atom is 0.123 e. The van der Waals surface area contributed by atoms with E-state index in [1.54, 1.807) is 7.11 Å². The van der Waals surface area contributed by atoms with Crippen molar-refractivity contribution in [2.24, 2.45) is 5.73 Å². The van der Waals surface area contributed by atoms with Crippen molar-refractivity contribution in [2.45, 2.75) is 26.8 Å². The van der Waals surface area contributed by atoms with Gasteiger partial charge in [-0.05, 0) is 26.5 Å². The molecule has 4 heteroatoms. The Morgan fingerprint density at radius 3 is 2.79 bits per heavy atom.